The molecular weight excluding hydrogens is 252 g/mol. The first-order valence-corrected chi connectivity index (χ1v) is 6.49. The number of ether oxygens (including phenoxy) is 1. The Morgan fingerprint density at radius 2 is 1.80 bits per heavy atom. The Kier molecular flexibility index (Phi) is 4.71. The molecule has 1 amide bonds. The van der Waals surface area contributed by atoms with Crippen LogP contribution in [0.5, 0.6) is 5.75 Å². The van der Waals surface area contributed by atoms with Crippen LogP contribution in [0.25, 0.3) is 0 Å². The van der Waals surface area contributed by atoms with Crippen molar-refractivity contribution in [3.8, 4) is 5.75 Å². The van der Waals surface area contributed by atoms with Crippen LogP contribution in [0.15, 0.2) is 48.8 Å². The number of benzene rings is 1. The fourth-order valence-corrected chi connectivity index (χ4v) is 1.91. The summed E-state index contributed by atoms with van der Waals surface area (Å²) >= 11 is 0. The number of methoxy groups -OCH3 is 1. The van der Waals surface area contributed by atoms with E-state index in [4.69, 9.17) is 4.74 Å². The van der Waals surface area contributed by atoms with Crippen molar-refractivity contribution < 1.29 is 9.53 Å². The molecule has 2 rings (SSSR count). The third-order valence-corrected chi connectivity index (χ3v) is 3.17. The lowest BCUT2D eigenvalue weighted by molar-refractivity contribution is 0.0796. The van der Waals surface area contributed by atoms with Gasteiger partial charge in [-0.1, -0.05) is 12.1 Å². The fraction of sp³-hybridized carbons (Fsp3) is 0.250. The minimum Gasteiger partial charge on any atom is -0.497 e. The lowest BCUT2D eigenvalue weighted by Gasteiger charge is -2.17. The first kappa shape index (κ1) is 14.1. The van der Waals surface area contributed by atoms with Crippen LogP contribution in [-0.2, 0) is 6.42 Å². The Balaban J connectivity index is 1.91. The molecule has 0 bridgehead atoms. The van der Waals surface area contributed by atoms with E-state index in [0.717, 1.165) is 12.2 Å². The second-order valence-electron chi connectivity index (χ2n) is 4.56. The van der Waals surface area contributed by atoms with Crippen molar-refractivity contribution in [1.82, 2.24) is 9.88 Å². The van der Waals surface area contributed by atoms with Crippen LogP contribution < -0.4 is 4.74 Å². The lowest BCUT2D eigenvalue weighted by Crippen LogP contribution is -2.28. The second kappa shape index (κ2) is 6.70. The zero-order chi connectivity index (χ0) is 14.4. The Bertz CT molecular complexity index is 552. The van der Waals surface area contributed by atoms with Crippen LogP contribution >= 0.6 is 0 Å². The Morgan fingerprint density at radius 1 is 1.15 bits per heavy atom. The number of aromatic nitrogens is 1. The van der Waals surface area contributed by atoms with E-state index in [9.17, 15) is 4.79 Å². The molecule has 0 aliphatic rings. The highest BCUT2D eigenvalue weighted by Gasteiger charge is 2.10. The van der Waals surface area contributed by atoms with Crippen molar-refractivity contribution in [1.29, 1.82) is 0 Å². The third kappa shape index (κ3) is 3.57. The summed E-state index contributed by atoms with van der Waals surface area (Å²) in [4.78, 5) is 17.8. The summed E-state index contributed by atoms with van der Waals surface area (Å²) in [7, 11) is 3.46. The van der Waals surface area contributed by atoms with Gasteiger partial charge in [0.2, 0.25) is 0 Å². The van der Waals surface area contributed by atoms with E-state index >= 15 is 0 Å². The van der Waals surface area contributed by atoms with Crippen molar-refractivity contribution in [2.24, 2.45) is 0 Å². The smallest absolute Gasteiger partial charge is 0.253 e. The quantitative estimate of drug-likeness (QED) is 0.838. The van der Waals surface area contributed by atoms with Gasteiger partial charge in [-0.25, -0.2) is 0 Å². The molecule has 0 saturated carbocycles. The second-order valence-corrected chi connectivity index (χ2v) is 4.56. The van der Waals surface area contributed by atoms with E-state index in [-0.39, 0.29) is 5.91 Å². The number of pyridine rings is 1. The predicted octanol–water partition coefficient (Wildman–Crippen LogP) is 2.40. The van der Waals surface area contributed by atoms with E-state index in [1.165, 1.54) is 5.56 Å². The van der Waals surface area contributed by atoms with Gasteiger partial charge in [-0.15, -0.1) is 0 Å². The Morgan fingerprint density at radius 3 is 2.40 bits per heavy atom. The molecule has 104 valence electrons. The first-order valence-electron chi connectivity index (χ1n) is 6.49. The van der Waals surface area contributed by atoms with E-state index in [2.05, 4.69) is 4.98 Å². The topological polar surface area (TPSA) is 42.4 Å². The first-order chi connectivity index (χ1) is 9.70. The fourth-order valence-electron chi connectivity index (χ4n) is 1.91. The molecule has 0 radical (unpaired) electrons. The average molecular weight is 270 g/mol. The molecular formula is C16H18N2O2. The number of rotatable bonds is 5. The van der Waals surface area contributed by atoms with Gasteiger partial charge in [0.05, 0.1) is 7.11 Å². The maximum atomic E-state index is 12.1. The van der Waals surface area contributed by atoms with E-state index < -0.39 is 0 Å². The Hall–Kier alpha value is -2.36. The van der Waals surface area contributed by atoms with Crippen molar-refractivity contribution in [3.05, 3.63) is 59.9 Å². The third-order valence-electron chi connectivity index (χ3n) is 3.17. The standard InChI is InChI=1S/C16H18N2O2/c1-18(16(19)14-7-10-17-11-8-14)12-9-13-3-5-15(20-2)6-4-13/h3-8,10-11H,9,12H2,1-2H3. The van der Waals surface area contributed by atoms with Crippen LogP contribution in [0, 0.1) is 0 Å². The zero-order valence-electron chi connectivity index (χ0n) is 11.7. The summed E-state index contributed by atoms with van der Waals surface area (Å²) in [5.41, 5.74) is 1.84. The van der Waals surface area contributed by atoms with Gasteiger partial charge in [-0.2, -0.15) is 0 Å². The molecule has 1 aromatic heterocycles. The van der Waals surface area contributed by atoms with Gasteiger partial charge in [0.15, 0.2) is 0 Å². The highest BCUT2D eigenvalue weighted by Crippen LogP contribution is 2.12. The molecule has 0 aliphatic heterocycles. The lowest BCUT2D eigenvalue weighted by atomic mass is 10.1. The molecule has 0 saturated heterocycles. The van der Waals surface area contributed by atoms with E-state index in [1.54, 1.807) is 36.5 Å². The summed E-state index contributed by atoms with van der Waals surface area (Å²) in [6.45, 7) is 0.674. The van der Waals surface area contributed by atoms with Gasteiger partial charge >= 0.3 is 0 Å². The van der Waals surface area contributed by atoms with Gasteiger partial charge < -0.3 is 9.64 Å². The molecule has 2 aromatic rings. The molecule has 20 heavy (non-hydrogen) atoms. The van der Waals surface area contributed by atoms with Gasteiger partial charge in [0, 0.05) is 31.5 Å². The van der Waals surface area contributed by atoms with Gasteiger partial charge in [0.1, 0.15) is 5.75 Å². The summed E-state index contributed by atoms with van der Waals surface area (Å²) < 4.78 is 5.12. The molecule has 0 fully saturated rings. The Labute approximate surface area is 119 Å². The van der Waals surface area contributed by atoms with Gasteiger partial charge in [0.25, 0.3) is 5.91 Å². The van der Waals surface area contributed by atoms with Gasteiger partial charge in [-0.3, -0.25) is 9.78 Å². The summed E-state index contributed by atoms with van der Waals surface area (Å²) in [6, 6.07) is 11.4. The van der Waals surface area contributed by atoms with E-state index in [0.29, 0.717) is 12.1 Å². The maximum absolute atomic E-state index is 12.1. The van der Waals surface area contributed by atoms with Crippen LogP contribution in [0.2, 0.25) is 0 Å². The average Bonchev–Trinajstić information content (AvgIpc) is 2.53. The van der Waals surface area contributed by atoms with Crippen molar-refractivity contribution in [2.45, 2.75) is 6.42 Å². The number of carbonyl (C=O) groups is 1. The summed E-state index contributed by atoms with van der Waals surface area (Å²) in [5.74, 6) is 0.857. The number of hydrogen-bond donors (Lipinski definition) is 0. The highest BCUT2D eigenvalue weighted by molar-refractivity contribution is 5.93. The number of amides is 1. The van der Waals surface area contributed by atoms with Crippen molar-refractivity contribution in [2.75, 3.05) is 20.7 Å². The van der Waals surface area contributed by atoms with Crippen molar-refractivity contribution >= 4 is 5.91 Å². The van der Waals surface area contributed by atoms with Crippen LogP contribution in [0.1, 0.15) is 15.9 Å². The molecule has 0 unspecified atom stereocenters. The van der Waals surface area contributed by atoms with Gasteiger partial charge in [-0.05, 0) is 36.2 Å². The summed E-state index contributed by atoms with van der Waals surface area (Å²) in [5, 5.41) is 0. The molecule has 0 spiro atoms. The molecule has 0 N–H and O–H groups in total. The number of nitrogens with zero attached hydrogens (tertiary/aromatic N) is 2. The number of carbonyl (C=O) groups excluding carboxylic acids is 1. The molecule has 1 aromatic carbocycles. The monoisotopic (exact) mass is 270 g/mol. The predicted molar refractivity (Wildman–Crippen MR) is 77.9 cm³/mol. The molecule has 0 aliphatic carbocycles. The number of likely N-dealkylation sites (N-methyl/N-ethyl adjacent to an activating group) is 1. The maximum Gasteiger partial charge on any atom is 0.253 e. The SMILES string of the molecule is COc1ccc(CCN(C)C(=O)c2ccncc2)cc1. The zero-order valence-corrected chi connectivity index (χ0v) is 11.7. The minimum atomic E-state index is 0.0147. The number of hydrogen-bond acceptors (Lipinski definition) is 3. The van der Waals surface area contributed by atoms with Crippen molar-refractivity contribution in [3.63, 3.8) is 0 Å². The molecule has 4 nitrogen and oxygen atoms in total. The highest BCUT2D eigenvalue weighted by atomic mass is 16.5. The van der Waals surface area contributed by atoms with E-state index in [1.807, 2.05) is 31.3 Å². The van der Waals surface area contributed by atoms with Crippen LogP contribution in [-0.4, -0.2) is 36.5 Å². The molecule has 4 heteroatoms. The normalized spacial score (nSPS) is 10.1. The minimum absolute atomic E-state index is 0.0147. The van der Waals surface area contributed by atoms with Crippen LogP contribution in [0.4, 0.5) is 0 Å². The summed E-state index contributed by atoms with van der Waals surface area (Å²) in [6.07, 6.45) is 4.08. The van der Waals surface area contributed by atoms with Crippen LogP contribution in [0.3, 0.4) is 0 Å². The molecule has 1 heterocycles. The largest absolute Gasteiger partial charge is 0.497 e. The molecule has 0 atom stereocenters.